The first-order chi connectivity index (χ1) is 24.6. The minimum Gasteiger partial charge on any atom is -0.494 e. The van der Waals surface area contributed by atoms with Crippen LogP contribution >= 0.6 is 0 Å². The van der Waals surface area contributed by atoms with Crippen LogP contribution in [0.4, 0.5) is 22.1 Å². The number of carbonyl (C=O) groups is 1. The van der Waals surface area contributed by atoms with Gasteiger partial charge in [-0.05, 0) is 80.8 Å². The molecule has 1 amide bonds. The first-order valence-electron chi connectivity index (χ1n) is 17.2. The molecule has 15 heteroatoms. The van der Waals surface area contributed by atoms with E-state index in [1.54, 1.807) is 30.3 Å². The molecule has 1 atom stereocenters. The van der Waals surface area contributed by atoms with Crippen LogP contribution in [-0.4, -0.2) is 110 Å². The van der Waals surface area contributed by atoms with Gasteiger partial charge in [-0.3, -0.25) is 4.90 Å². The first kappa shape index (κ1) is 35.3. The minimum atomic E-state index is -0.480. The number of ether oxygens (including phenoxy) is 3. The molecule has 51 heavy (non-hydrogen) atoms. The summed E-state index contributed by atoms with van der Waals surface area (Å²) in [5, 5.41) is 24.1. The molecule has 2 saturated heterocycles. The van der Waals surface area contributed by atoms with Crippen LogP contribution in [0.3, 0.4) is 0 Å². The summed E-state index contributed by atoms with van der Waals surface area (Å²) in [6.07, 6.45) is 6.60. The first-order valence-corrected chi connectivity index (χ1v) is 17.2. The molecule has 2 aromatic heterocycles. The third-order valence-electron chi connectivity index (χ3n) is 8.99. The van der Waals surface area contributed by atoms with Crippen molar-refractivity contribution in [1.29, 1.82) is 5.26 Å². The van der Waals surface area contributed by atoms with Crippen LogP contribution in [0.1, 0.15) is 46.1 Å². The van der Waals surface area contributed by atoms with Crippen molar-refractivity contribution >= 4 is 23.4 Å². The van der Waals surface area contributed by atoms with Gasteiger partial charge in [0, 0.05) is 75.0 Å². The van der Waals surface area contributed by atoms with Crippen molar-refractivity contribution in [1.82, 2.24) is 40.0 Å². The van der Waals surface area contributed by atoms with E-state index in [4.69, 9.17) is 14.2 Å². The molecule has 0 radical (unpaired) electrons. The number of nitrogens with one attached hydrogen (secondary N) is 1. The molecule has 0 spiro atoms. The summed E-state index contributed by atoms with van der Waals surface area (Å²) < 4.78 is 19.0. The third-order valence-corrected chi connectivity index (χ3v) is 8.99. The zero-order valence-electron chi connectivity index (χ0n) is 29.8. The Morgan fingerprint density at radius 3 is 2.39 bits per heavy atom. The van der Waals surface area contributed by atoms with Crippen LogP contribution in [0, 0.1) is 11.3 Å². The molecule has 2 aromatic carbocycles. The highest BCUT2D eigenvalue weighted by molar-refractivity contribution is 5.70. The molecule has 2 aliphatic heterocycles. The number of piperidine rings is 1. The maximum atomic E-state index is 12.5. The number of aromatic nitrogens is 6. The number of carbonyl (C=O) groups excluding carboxylic acids is 1. The molecule has 268 valence electrons. The van der Waals surface area contributed by atoms with Crippen LogP contribution < -0.4 is 19.7 Å². The van der Waals surface area contributed by atoms with Gasteiger partial charge in [-0.1, -0.05) is 6.07 Å². The molecule has 2 aliphatic rings. The number of rotatable bonds is 10. The molecule has 15 nitrogen and oxygen atoms in total. The molecular formula is C36H45N11O4. The lowest BCUT2D eigenvalue weighted by Gasteiger charge is -2.43. The molecule has 4 heterocycles. The van der Waals surface area contributed by atoms with Gasteiger partial charge >= 0.3 is 6.09 Å². The number of piperazine rings is 1. The zero-order chi connectivity index (χ0) is 36.0. The molecule has 0 bridgehead atoms. The number of anilines is 3. The van der Waals surface area contributed by atoms with E-state index >= 15 is 0 Å². The van der Waals surface area contributed by atoms with Gasteiger partial charge in [-0.2, -0.15) is 5.26 Å². The van der Waals surface area contributed by atoms with Crippen molar-refractivity contribution in [2.24, 2.45) is 0 Å². The van der Waals surface area contributed by atoms with Gasteiger partial charge in [-0.15, -0.1) is 5.10 Å². The molecule has 4 aromatic rings. The number of nitriles is 1. The topological polar surface area (TPSA) is 160 Å². The number of hydrogen-bond donors (Lipinski definition) is 1. The zero-order valence-corrected chi connectivity index (χ0v) is 29.8. The Bertz CT molecular complexity index is 1810. The van der Waals surface area contributed by atoms with Gasteiger partial charge < -0.3 is 29.3 Å². The Balaban J connectivity index is 1.03. The van der Waals surface area contributed by atoms with Crippen LogP contribution in [0.25, 0.3) is 11.1 Å². The number of tetrazole rings is 1. The molecule has 1 N–H and O–H groups in total. The fourth-order valence-corrected chi connectivity index (χ4v) is 6.40. The van der Waals surface area contributed by atoms with Gasteiger partial charge in [0.05, 0.1) is 24.9 Å². The lowest BCUT2D eigenvalue weighted by Crippen LogP contribution is -2.55. The average molecular weight is 696 g/mol. The van der Waals surface area contributed by atoms with E-state index in [0.717, 1.165) is 61.5 Å². The maximum absolute atomic E-state index is 12.5. The number of amides is 1. The summed E-state index contributed by atoms with van der Waals surface area (Å²) in [7, 11) is 1.66. The fourth-order valence-electron chi connectivity index (χ4n) is 6.40. The predicted octanol–water partition coefficient (Wildman–Crippen LogP) is 4.74. The average Bonchev–Trinajstić information content (AvgIpc) is 3.64. The highest BCUT2D eigenvalue weighted by atomic mass is 16.6. The van der Waals surface area contributed by atoms with Crippen molar-refractivity contribution < 1.29 is 19.0 Å². The summed E-state index contributed by atoms with van der Waals surface area (Å²) >= 11 is 0. The van der Waals surface area contributed by atoms with Gasteiger partial charge in [0.1, 0.15) is 35.6 Å². The van der Waals surface area contributed by atoms with Crippen LogP contribution in [0.15, 0.2) is 55.1 Å². The number of methoxy groups -OCH3 is 1. The van der Waals surface area contributed by atoms with E-state index in [1.807, 2.05) is 50.8 Å². The van der Waals surface area contributed by atoms with Crippen molar-refractivity contribution in [3.8, 4) is 28.7 Å². The largest absolute Gasteiger partial charge is 0.494 e. The molecular weight excluding hydrogens is 650 g/mol. The second-order valence-corrected chi connectivity index (χ2v) is 13.8. The lowest BCUT2D eigenvalue weighted by molar-refractivity contribution is 0.00901. The van der Waals surface area contributed by atoms with Crippen molar-refractivity contribution in [3.05, 3.63) is 60.7 Å². The van der Waals surface area contributed by atoms with Crippen molar-refractivity contribution in [2.45, 2.75) is 64.8 Å². The second-order valence-electron chi connectivity index (χ2n) is 13.8. The quantitative estimate of drug-likeness (QED) is 0.243. The Morgan fingerprint density at radius 1 is 1.00 bits per heavy atom. The van der Waals surface area contributed by atoms with E-state index < -0.39 is 5.60 Å². The van der Waals surface area contributed by atoms with Gasteiger partial charge in [0.25, 0.3) is 0 Å². The Kier molecular flexibility index (Phi) is 10.8. The second kappa shape index (κ2) is 15.6. The predicted molar refractivity (Wildman–Crippen MR) is 191 cm³/mol. The summed E-state index contributed by atoms with van der Waals surface area (Å²) in [6, 6.07) is 14.2. The maximum Gasteiger partial charge on any atom is 0.410 e. The normalized spacial score (nSPS) is 16.3. The summed E-state index contributed by atoms with van der Waals surface area (Å²) in [5.41, 5.74) is 3.41. The Morgan fingerprint density at radius 2 is 1.75 bits per heavy atom. The van der Waals surface area contributed by atoms with Crippen LogP contribution in [-0.2, 0) is 11.3 Å². The van der Waals surface area contributed by atoms with Crippen molar-refractivity contribution in [2.75, 3.05) is 56.6 Å². The van der Waals surface area contributed by atoms with Gasteiger partial charge in [0.15, 0.2) is 0 Å². The number of nitrogens with zero attached hydrogens (tertiary/aromatic N) is 10. The molecule has 0 unspecified atom stereocenters. The molecule has 2 fully saturated rings. The Labute approximate surface area is 298 Å². The molecule has 6 rings (SSSR count). The molecule has 0 saturated carbocycles. The minimum absolute atomic E-state index is 0.222. The smallest absolute Gasteiger partial charge is 0.410 e. The number of hydrogen-bond acceptors (Lipinski definition) is 13. The summed E-state index contributed by atoms with van der Waals surface area (Å²) in [5.74, 6) is 1.59. The molecule has 0 aliphatic carbocycles. The van der Waals surface area contributed by atoms with Crippen LogP contribution in [0.2, 0.25) is 0 Å². The van der Waals surface area contributed by atoms with Crippen molar-refractivity contribution in [3.63, 3.8) is 0 Å². The monoisotopic (exact) mass is 695 g/mol. The number of benzene rings is 2. The Hall–Kier alpha value is -5.49. The summed E-state index contributed by atoms with van der Waals surface area (Å²) in [4.78, 5) is 28.3. The fraction of sp³-hybridized carbons (Fsp3) is 0.472. The van der Waals surface area contributed by atoms with Crippen LogP contribution in [0.5, 0.6) is 11.5 Å². The standard InChI is InChI=1S/C36H45N11O4/c1-25(23-47-24-40-42-43-47)50-32-18-26(6-7-27(32)20-37)28-21-38-34(39-22-28)41-31-9-8-30(19-33(31)49-5)44-12-10-29(11-13-44)45-14-16-46(17-15-45)35(48)51-36(2,3)4/h6-9,18-19,21-22,24-25,29H,10-17,23H2,1-5H3,(H,38,39,41)/t25-/m0/s1. The highest BCUT2D eigenvalue weighted by Gasteiger charge is 2.31. The van der Waals surface area contributed by atoms with E-state index in [9.17, 15) is 10.1 Å². The van der Waals surface area contributed by atoms with E-state index in [0.29, 0.717) is 48.7 Å². The van der Waals surface area contributed by atoms with E-state index in [-0.39, 0.29) is 12.2 Å². The lowest BCUT2D eigenvalue weighted by atomic mass is 10.0. The van der Waals surface area contributed by atoms with Gasteiger partial charge in [-0.25, -0.2) is 19.4 Å². The van der Waals surface area contributed by atoms with Gasteiger partial charge in [0.2, 0.25) is 5.95 Å². The highest BCUT2D eigenvalue weighted by Crippen LogP contribution is 2.34. The van der Waals surface area contributed by atoms with E-state index in [1.165, 1.54) is 6.33 Å². The van der Waals surface area contributed by atoms with E-state index in [2.05, 4.69) is 58.8 Å². The third kappa shape index (κ3) is 9.01. The SMILES string of the molecule is COc1cc(N2CCC(N3CCN(C(=O)OC(C)(C)C)CC3)CC2)ccc1Nc1ncc(-c2ccc(C#N)c(O[C@@H](C)Cn3cnnn3)c2)cn1. The summed E-state index contributed by atoms with van der Waals surface area (Å²) in [6.45, 7) is 13.0.